The fourth-order valence-electron chi connectivity index (χ4n) is 3.39. The number of nitrogens with one attached hydrogen (secondary N) is 1. The first-order chi connectivity index (χ1) is 14.7. The van der Waals surface area contributed by atoms with Gasteiger partial charge in [-0.05, 0) is 62.1 Å². The van der Waals surface area contributed by atoms with Crippen molar-refractivity contribution in [3.63, 3.8) is 0 Å². The highest BCUT2D eigenvalue weighted by atomic mass is 16.5. The van der Waals surface area contributed by atoms with Gasteiger partial charge in [0, 0.05) is 5.56 Å². The van der Waals surface area contributed by atoms with Gasteiger partial charge in [0.15, 0.2) is 11.5 Å². The molecule has 0 saturated carbocycles. The normalized spacial score (nSPS) is 11.5. The third-order valence-electron chi connectivity index (χ3n) is 4.88. The molecule has 156 valence electrons. The van der Waals surface area contributed by atoms with Gasteiger partial charge in [-0.3, -0.25) is 4.79 Å². The summed E-state index contributed by atoms with van der Waals surface area (Å²) in [5.74, 6) is 1.34. The first kappa shape index (κ1) is 21.4. The van der Waals surface area contributed by atoms with Crippen LogP contribution in [-0.2, 0) is 6.42 Å². The molecule has 0 aliphatic carbocycles. The Bertz CT molecular complexity index is 926. The summed E-state index contributed by atoms with van der Waals surface area (Å²) >= 11 is 0. The molecule has 30 heavy (non-hydrogen) atoms. The zero-order chi connectivity index (χ0) is 21.2. The summed E-state index contributed by atoms with van der Waals surface area (Å²) in [6.07, 6.45) is 1.64. The molecule has 0 fully saturated rings. The lowest BCUT2D eigenvalue weighted by Gasteiger charge is -2.21. The predicted molar refractivity (Wildman–Crippen MR) is 120 cm³/mol. The maximum atomic E-state index is 12.9. The lowest BCUT2D eigenvalue weighted by Crippen LogP contribution is -2.29. The number of rotatable bonds is 10. The van der Waals surface area contributed by atoms with Crippen molar-refractivity contribution in [1.29, 1.82) is 0 Å². The summed E-state index contributed by atoms with van der Waals surface area (Å²) in [4.78, 5) is 12.9. The van der Waals surface area contributed by atoms with E-state index < -0.39 is 0 Å². The van der Waals surface area contributed by atoms with Crippen LogP contribution in [0.2, 0.25) is 0 Å². The van der Waals surface area contributed by atoms with E-state index in [9.17, 15) is 4.79 Å². The van der Waals surface area contributed by atoms with Crippen molar-refractivity contribution in [2.45, 2.75) is 32.7 Å². The number of ether oxygens (including phenoxy) is 2. The van der Waals surface area contributed by atoms with E-state index in [1.54, 1.807) is 0 Å². The third kappa shape index (κ3) is 5.86. The maximum absolute atomic E-state index is 12.9. The van der Waals surface area contributed by atoms with Crippen LogP contribution in [0.1, 0.15) is 47.8 Å². The fraction of sp³-hybridized carbons (Fsp3) is 0.269. The molecule has 3 rings (SSSR count). The van der Waals surface area contributed by atoms with Crippen LogP contribution in [-0.4, -0.2) is 19.1 Å². The first-order valence-electron chi connectivity index (χ1n) is 10.5. The topological polar surface area (TPSA) is 47.6 Å². The number of carbonyl (C=O) groups excluding carboxylic acids is 1. The molecule has 0 aromatic heterocycles. The largest absolute Gasteiger partial charge is 0.490 e. The van der Waals surface area contributed by atoms with Crippen LogP contribution in [0.15, 0.2) is 78.9 Å². The monoisotopic (exact) mass is 403 g/mol. The molecule has 0 bridgehead atoms. The number of hydrogen-bond donors (Lipinski definition) is 1. The highest BCUT2D eigenvalue weighted by Gasteiger charge is 2.18. The van der Waals surface area contributed by atoms with Crippen molar-refractivity contribution >= 4 is 5.91 Å². The lowest BCUT2D eigenvalue weighted by atomic mass is 9.98. The highest BCUT2D eigenvalue weighted by molar-refractivity contribution is 5.94. The summed E-state index contributed by atoms with van der Waals surface area (Å²) in [6.45, 7) is 5.02. The van der Waals surface area contributed by atoms with E-state index in [2.05, 4.69) is 17.4 Å². The lowest BCUT2D eigenvalue weighted by molar-refractivity contribution is 0.0934. The van der Waals surface area contributed by atoms with E-state index in [1.165, 1.54) is 5.56 Å². The van der Waals surface area contributed by atoms with Gasteiger partial charge >= 0.3 is 0 Å². The second kappa shape index (κ2) is 11.1. The van der Waals surface area contributed by atoms with Crippen LogP contribution in [0.25, 0.3) is 0 Å². The molecule has 0 aliphatic rings. The van der Waals surface area contributed by atoms with Gasteiger partial charge < -0.3 is 14.8 Å². The molecule has 1 atom stereocenters. The molecule has 1 N–H and O–H groups in total. The second-order valence-electron chi connectivity index (χ2n) is 6.99. The Morgan fingerprint density at radius 1 is 0.833 bits per heavy atom. The van der Waals surface area contributed by atoms with E-state index in [0.29, 0.717) is 24.5 Å². The number of benzene rings is 3. The molecule has 4 nitrogen and oxygen atoms in total. The highest BCUT2D eigenvalue weighted by Crippen LogP contribution is 2.32. The molecule has 0 radical (unpaired) electrons. The minimum Gasteiger partial charge on any atom is -0.490 e. The minimum absolute atomic E-state index is 0.0829. The van der Waals surface area contributed by atoms with E-state index in [0.717, 1.165) is 24.2 Å². The van der Waals surface area contributed by atoms with Crippen LogP contribution in [0, 0.1) is 0 Å². The molecular weight excluding hydrogens is 374 g/mol. The van der Waals surface area contributed by atoms with E-state index in [4.69, 9.17) is 9.47 Å². The van der Waals surface area contributed by atoms with Gasteiger partial charge in [0.2, 0.25) is 0 Å². The van der Waals surface area contributed by atoms with Crippen molar-refractivity contribution < 1.29 is 14.3 Å². The molecule has 0 unspecified atom stereocenters. The number of hydrogen-bond acceptors (Lipinski definition) is 3. The first-order valence-corrected chi connectivity index (χ1v) is 10.5. The van der Waals surface area contributed by atoms with E-state index >= 15 is 0 Å². The smallest absolute Gasteiger partial charge is 0.251 e. The molecular formula is C26H29NO3. The molecule has 3 aromatic carbocycles. The predicted octanol–water partition coefficient (Wildman–Crippen LogP) is 5.59. The van der Waals surface area contributed by atoms with Crippen molar-refractivity contribution in [2.24, 2.45) is 0 Å². The van der Waals surface area contributed by atoms with Gasteiger partial charge in [0.1, 0.15) is 0 Å². The quantitative estimate of drug-likeness (QED) is 0.480. The average molecular weight is 404 g/mol. The van der Waals surface area contributed by atoms with Gasteiger partial charge in [-0.25, -0.2) is 0 Å². The summed E-state index contributed by atoms with van der Waals surface area (Å²) in [5.41, 5.74) is 2.90. The van der Waals surface area contributed by atoms with Crippen LogP contribution in [0.5, 0.6) is 11.5 Å². The number of amides is 1. The molecule has 4 heteroatoms. The SMILES string of the molecule is CCOc1ccc([C@H](CCc2ccccc2)NC(=O)c2ccccc2)cc1OCC. The average Bonchev–Trinajstić information content (AvgIpc) is 2.79. The van der Waals surface area contributed by atoms with Crippen LogP contribution >= 0.6 is 0 Å². The third-order valence-corrected chi connectivity index (χ3v) is 4.88. The Balaban J connectivity index is 1.85. The Labute approximate surface area is 178 Å². The summed E-state index contributed by atoms with van der Waals surface area (Å²) < 4.78 is 11.5. The Morgan fingerprint density at radius 3 is 2.13 bits per heavy atom. The van der Waals surface area contributed by atoms with Crippen molar-refractivity contribution in [3.8, 4) is 11.5 Å². The van der Waals surface area contributed by atoms with Gasteiger partial charge in [-0.1, -0.05) is 54.6 Å². The van der Waals surface area contributed by atoms with Gasteiger partial charge in [0.05, 0.1) is 19.3 Å². The van der Waals surface area contributed by atoms with Gasteiger partial charge in [-0.2, -0.15) is 0 Å². The molecule has 0 aliphatic heterocycles. The standard InChI is InChI=1S/C26H29NO3/c1-3-29-24-18-16-22(19-25(24)30-4-2)23(17-15-20-11-7-5-8-12-20)27-26(28)21-13-9-6-10-14-21/h5-14,16,18-19,23H,3-4,15,17H2,1-2H3,(H,27,28)/t23-/m0/s1. The summed E-state index contributed by atoms with van der Waals surface area (Å²) in [6, 6.07) is 25.4. The summed E-state index contributed by atoms with van der Waals surface area (Å²) in [7, 11) is 0. The van der Waals surface area contributed by atoms with Gasteiger partial charge in [0.25, 0.3) is 5.91 Å². The Hall–Kier alpha value is -3.27. The minimum atomic E-state index is -0.146. The Morgan fingerprint density at radius 2 is 1.47 bits per heavy atom. The van der Waals surface area contributed by atoms with E-state index in [1.807, 2.05) is 80.6 Å². The summed E-state index contributed by atoms with van der Waals surface area (Å²) in [5, 5.41) is 3.21. The van der Waals surface area contributed by atoms with Gasteiger partial charge in [-0.15, -0.1) is 0 Å². The molecule has 0 heterocycles. The molecule has 0 spiro atoms. The second-order valence-corrected chi connectivity index (χ2v) is 6.99. The molecule has 0 saturated heterocycles. The molecule has 3 aromatic rings. The number of carbonyl (C=O) groups is 1. The van der Waals surface area contributed by atoms with Crippen molar-refractivity contribution in [1.82, 2.24) is 5.32 Å². The van der Waals surface area contributed by atoms with Crippen molar-refractivity contribution in [2.75, 3.05) is 13.2 Å². The van der Waals surface area contributed by atoms with Crippen LogP contribution < -0.4 is 14.8 Å². The zero-order valence-corrected chi connectivity index (χ0v) is 17.6. The number of aryl methyl sites for hydroxylation is 1. The van der Waals surface area contributed by atoms with Crippen molar-refractivity contribution in [3.05, 3.63) is 95.6 Å². The molecule has 1 amide bonds. The fourth-order valence-corrected chi connectivity index (χ4v) is 3.39. The van der Waals surface area contributed by atoms with Crippen LogP contribution in [0.4, 0.5) is 0 Å². The zero-order valence-electron chi connectivity index (χ0n) is 17.6. The van der Waals surface area contributed by atoms with Crippen LogP contribution in [0.3, 0.4) is 0 Å². The maximum Gasteiger partial charge on any atom is 0.251 e. The van der Waals surface area contributed by atoms with E-state index in [-0.39, 0.29) is 11.9 Å². The Kier molecular flexibility index (Phi) is 7.90.